The number of hydrazine groups is 1. The fourth-order valence-electron chi connectivity index (χ4n) is 3.18. The molecule has 146 valence electrons. The Morgan fingerprint density at radius 3 is 2.89 bits per heavy atom. The third-order valence-corrected chi connectivity index (χ3v) is 5.84. The van der Waals surface area contributed by atoms with Crippen molar-refractivity contribution >= 4 is 37.2 Å². The molecule has 2 atom stereocenters. The number of carboxylic acids is 1. The van der Waals surface area contributed by atoms with Crippen LogP contribution in [-0.2, 0) is 22.3 Å². The fourth-order valence-corrected chi connectivity index (χ4v) is 4.30. The highest BCUT2D eigenvalue weighted by molar-refractivity contribution is 8.01. The minimum Gasteiger partial charge on any atom is -0.496 e. The molecule has 2 rings (SSSR count). The van der Waals surface area contributed by atoms with E-state index >= 15 is 0 Å². The lowest BCUT2D eigenvalue weighted by molar-refractivity contribution is -0.131. The number of hydrogen-bond acceptors (Lipinski definition) is 7. The third-order valence-electron chi connectivity index (χ3n) is 4.55. The summed E-state index contributed by atoms with van der Waals surface area (Å²) in [6.45, 7) is 0.120. The first-order valence-corrected chi connectivity index (χ1v) is 9.68. The summed E-state index contributed by atoms with van der Waals surface area (Å²) in [5.74, 6) is -0.500. The van der Waals surface area contributed by atoms with Crippen molar-refractivity contribution in [3.8, 4) is 5.75 Å². The molecule has 1 aliphatic rings. The first-order valence-electron chi connectivity index (χ1n) is 8.63. The number of aromatic carboxylic acids is 1. The molecule has 0 radical (unpaired) electrons. The maximum atomic E-state index is 12.3. The van der Waals surface area contributed by atoms with Gasteiger partial charge in [-0.3, -0.25) is 9.80 Å². The van der Waals surface area contributed by atoms with Crippen molar-refractivity contribution in [2.45, 2.75) is 23.9 Å². The minimum atomic E-state index is -0.985. The van der Waals surface area contributed by atoms with Gasteiger partial charge in [-0.2, -0.15) is 11.8 Å². The highest BCUT2D eigenvalue weighted by atomic mass is 32.2. The standard InChI is InChI=1S/C17H24BN3O5S/c1-20-21(7-11(19)8-22)15(23)9-27-14-5-10-3-4-13(26-2)16(17(24)25)12(10)6-18-14/h3-4,8,11,14,18,20H,5-7,9,19H2,1-2H3,(H,24,25). The van der Waals surface area contributed by atoms with Crippen LogP contribution in [0.4, 0.5) is 0 Å². The van der Waals surface area contributed by atoms with Crippen molar-refractivity contribution in [2.24, 2.45) is 5.73 Å². The van der Waals surface area contributed by atoms with E-state index in [1.807, 2.05) is 6.07 Å². The van der Waals surface area contributed by atoms with Gasteiger partial charge in [0.2, 0.25) is 5.91 Å². The second-order valence-electron chi connectivity index (χ2n) is 6.29. The van der Waals surface area contributed by atoms with E-state index in [0.717, 1.165) is 18.4 Å². The van der Waals surface area contributed by atoms with Gasteiger partial charge in [-0.1, -0.05) is 6.07 Å². The van der Waals surface area contributed by atoms with E-state index < -0.39 is 12.0 Å². The maximum Gasteiger partial charge on any atom is 0.339 e. The number of nitrogens with one attached hydrogen (secondary N) is 1. The lowest BCUT2D eigenvalue weighted by Crippen LogP contribution is -2.48. The Morgan fingerprint density at radius 2 is 2.30 bits per heavy atom. The van der Waals surface area contributed by atoms with Crippen molar-refractivity contribution in [3.63, 3.8) is 0 Å². The molecular formula is C17H24BN3O5S. The quantitative estimate of drug-likeness (QED) is 0.290. The van der Waals surface area contributed by atoms with Crippen LogP contribution in [0.2, 0.25) is 0 Å². The Hall–Kier alpha value is -2.04. The molecule has 0 saturated heterocycles. The predicted molar refractivity (Wildman–Crippen MR) is 106 cm³/mol. The van der Waals surface area contributed by atoms with Crippen molar-refractivity contribution in [1.82, 2.24) is 10.4 Å². The Kier molecular flexibility index (Phi) is 7.70. The van der Waals surface area contributed by atoms with Crippen LogP contribution in [0.1, 0.15) is 21.5 Å². The summed E-state index contributed by atoms with van der Waals surface area (Å²) in [6.07, 6.45) is 1.94. The maximum absolute atomic E-state index is 12.3. The highest BCUT2D eigenvalue weighted by Crippen LogP contribution is 2.32. The van der Waals surface area contributed by atoms with E-state index in [9.17, 15) is 19.5 Å². The number of hydrogen-bond donors (Lipinski definition) is 3. The number of ether oxygens (including phenoxy) is 1. The average Bonchev–Trinajstić information content (AvgIpc) is 2.68. The van der Waals surface area contributed by atoms with Crippen LogP contribution < -0.4 is 15.9 Å². The van der Waals surface area contributed by atoms with Crippen LogP contribution in [0.3, 0.4) is 0 Å². The molecule has 2 unspecified atom stereocenters. The van der Waals surface area contributed by atoms with E-state index in [1.165, 1.54) is 23.9 Å². The number of carbonyl (C=O) groups excluding carboxylic acids is 2. The van der Waals surface area contributed by atoms with Crippen molar-refractivity contribution < 1.29 is 24.2 Å². The number of aldehydes is 1. The van der Waals surface area contributed by atoms with Crippen LogP contribution in [0.5, 0.6) is 5.75 Å². The van der Waals surface area contributed by atoms with Crippen molar-refractivity contribution in [3.05, 3.63) is 28.8 Å². The lowest BCUT2D eigenvalue weighted by Gasteiger charge is -2.27. The average molecular weight is 393 g/mol. The Labute approximate surface area is 163 Å². The van der Waals surface area contributed by atoms with Crippen LogP contribution in [0.25, 0.3) is 0 Å². The van der Waals surface area contributed by atoms with E-state index in [2.05, 4.69) is 5.43 Å². The van der Waals surface area contributed by atoms with Gasteiger partial charge in [0, 0.05) is 7.05 Å². The predicted octanol–water partition coefficient (Wildman–Crippen LogP) is -0.565. The Bertz CT molecular complexity index is 718. The van der Waals surface area contributed by atoms with Gasteiger partial charge in [0.15, 0.2) is 0 Å². The zero-order chi connectivity index (χ0) is 20.0. The summed E-state index contributed by atoms with van der Waals surface area (Å²) >= 11 is 1.53. The molecule has 10 heteroatoms. The second kappa shape index (κ2) is 9.77. The first-order chi connectivity index (χ1) is 12.9. The molecule has 0 bridgehead atoms. The van der Waals surface area contributed by atoms with E-state index in [-0.39, 0.29) is 28.9 Å². The summed E-state index contributed by atoms with van der Waals surface area (Å²) in [6, 6.07) is 2.86. The molecule has 1 aliphatic heterocycles. The van der Waals surface area contributed by atoms with Crippen LogP contribution in [0.15, 0.2) is 12.1 Å². The van der Waals surface area contributed by atoms with Gasteiger partial charge in [0.1, 0.15) is 24.9 Å². The van der Waals surface area contributed by atoms with E-state index in [4.69, 9.17) is 10.5 Å². The van der Waals surface area contributed by atoms with Gasteiger partial charge in [-0.05, 0) is 35.1 Å². The fraction of sp³-hybridized carbons (Fsp3) is 0.471. The zero-order valence-corrected chi connectivity index (χ0v) is 16.3. The summed E-state index contributed by atoms with van der Waals surface area (Å²) in [7, 11) is 3.86. The molecule has 0 aromatic heterocycles. The molecule has 0 aliphatic carbocycles. The SMILES string of the molecule is CNN(CC(N)C=O)C(=O)CSC1BCc2c(ccc(OC)c2C(=O)O)C1. The first kappa shape index (κ1) is 21.3. The zero-order valence-electron chi connectivity index (χ0n) is 15.4. The number of benzene rings is 1. The second-order valence-corrected chi connectivity index (χ2v) is 7.58. The van der Waals surface area contributed by atoms with Gasteiger partial charge < -0.3 is 20.4 Å². The molecular weight excluding hydrogens is 369 g/mol. The highest BCUT2D eigenvalue weighted by Gasteiger charge is 2.27. The van der Waals surface area contributed by atoms with Gasteiger partial charge in [0.25, 0.3) is 0 Å². The lowest BCUT2D eigenvalue weighted by atomic mass is 9.61. The van der Waals surface area contributed by atoms with Crippen LogP contribution in [0, 0.1) is 0 Å². The number of nitrogens with two attached hydrogens (primary N) is 1. The minimum absolute atomic E-state index is 0.120. The van der Waals surface area contributed by atoms with Crippen LogP contribution in [-0.4, -0.2) is 73.2 Å². The van der Waals surface area contributed by atoms with Gasteiger partial charge in [0.05, 0.1) is 25.4 Å². The number of thioether (sulfide) groups is 1. The number of amides is 1. The molecule has 27 heavy (non-hydrogen) atoms. The molecule has 1 aromatic rings. The molecule has 1 amide bonds. The Morgan fingerprint density at radius 1 is 1.56 bits per heavy atom. The summed E-state index contributed by atoms with van der Waals surface area (Å²) in [4.78, 5) is 34.6. The molecule has 1 heterocycles. The normalized spacial score (nSPS) is 16.6. The van der Waals surface area contributed by atoms with Crippen molar-refractivity contribution in [2.75, 3.05) is 26.5 Å². The largest absolute Gasteiger partial charge is 0.496 e. The van der Waals surface area contributed by atoms with Gasteiger partial charge in [-0.15, -0.1) is 0 Å². The monoisotopic (exact) mass is 393 g/mol. The molecule has 1 aromatic carbocycles. The number of nitrogens with zero attached hydrogens (tertiary/aromatic N) is 1. The van der Waals surface area contributed by atoms with Gasteiger partial charge in [-0.25, -0.2) is 10.2 Å². The van der Waals surface area contributed by atoms with Gasteiger partial charge >= 0.3 is 5.97 Å². The number of fused-ring (bicyclic) bond motifs is 1. The molecule has 0 saturated carbocycles. The number of methoxy groups -OCH3 is 1. The molecule has 8 nitrogen and oxygen atoms in total. The number of carboxylic acid groups (broad SMARTS) is 1. The van der Waals surface area contributed by atoms with Crippen molar-refractivity contribution in [1.29, 1.82) is 0 Å². The Balaban J connectivity index is 2.00. The molecule has 0 spiro atoms. The smallest absolute Gasteiger partial charge is 0.339 e. The third kappa shape index (κ3) is 5.24. The summed E-state index contributed by atoms with van der Waals surface area (Å²) in [5, 5.41) is 11.1. The molecule has 4 N–H and O–H groups in total. The number of rotatable bonds is 9. The number of carbonyl (C=O) groups is 3. The molecule has 0 fully saturated rings. The summed E-state index contributed by atoms with van der Waals surface area (Å²) < 4.78 is 5.18. The van der Waals surface area contributed by atoms with Crippen LogP contribution >= 0.6 is 11.8 Å². The topological polar surface area (TPSA) is 122 Å². The van der Waals surface area contributed by atoms with E-state index in [1.54, 1.807) is 13.1 Å². The summed E-state index contributed by atoms with van der Waals surface area (Å²) in [5.41, 5.74) is 10.4. The van der Waals surface area contributed by atoms with E-state index in [0.29, 0.717) is 24.8 Å².